The molecule has 1 N–H and O–H groups in total. The fourth-order valence-electron chi connectivity index (χ4n) is 1.09. The Kier molecular flexibility index (Phi) is 3.57. The first-order valence-electron chi connectivity index (χ1n) is 4.61. The van der Waals surface area contributed by atoms with Gasteiger partial charge in [0.25, 0.3) is 11.6 Å². The Hall–Kier alpha value is -2.68. The van der Waals surface area contributed by atoms with Gasteiger partial charge in [-0.2, -0.15) is 5.26 Å². The number of nitro groups is 1. The first kappa shape index (κ1) is 12.4. The lowest BCUT2D eigenvalue weighted by atomic mass is 10.2. The topological polar surface area (TPSA) is 96.0 Å². The monoisotopic (exact) mass is 231 g/mol. The summed E-state index contributed by atoms with van der Waals surface area (Å²) in [5.74, 6) is -0.502. The molecule has 0 unspecified atom stereocenters. The minimum Gasteiger partial charge on any atom is -0.317 e. The molecular weight excluding hydrogens is 222 g/mol. The Balaban J connectivity index is 3.16. The van der Waals surface area contributed by atoms with Crippen LogP contribution in [0.2, 0.25) is 0 Å². The van der Waals surface area contributed by atoms with E-state index in [0.29, 0.717) is 0 Å². The number of carbonyl (C=O) groups excluding carboxylic acids is 1. The van der Waals surface area contributed by atoms with Crippen molar-refractivity contribution in [3.05, 3.63) is 46.0 Å². The minimum atomic E-state index is -0.658. The quantitative estimate of drug-likeness (QED) is 0.488. The van der Waals surface area contributed by atoms with Crippen molar-refractivity contribution < 1.29 is 9.72 Å². The molecule has 6 heteroatoms. The Morgan fingerprint density at radius 2 is 2.24 bits per heavy atom. The number of nitriles is 1. The van der Waals surface area contributed by atoms with E-state index < -0.39 is 10.8 Å². The molecule has 0 aliphatic heterocycles. The molecule has 17 heavy (non-hydrogen) atoms. The third kappa shape index (κ3) is 2.89. The molecule has 6 nitrogen and oxygen atoms in total. The number of hydrogen-bond donors (Lipinski definition) is 1. The molecule has 0 aliphatic carbocycles. The molecule has 0 aromatic heterocycles. The highest BCUT2D eigenvalue weighted by atomic mass is 16.6. The van der Waals surface area contributed by atoms with Crippen LogP contribution in [-0.2, 0) is 4.79 Å². The minimum absolute atomic E-state index is 0.0435. The van der Waals surface area contributed by atoms with Crippen LogP contribution < -0.4 is 5.32 Å². The summed E-state index contributed by atoms with van der Waals surface area (Å²) >= 11 is 0. The van der Waals surface area contributed by atoms with E-state index >= 15 is 0 Å². The molecule has 0 atom stereocenters. The summed E-state index contributed by atoms with van der Waals surface area (Å²) in [6.07, 6.45) is 0. The smallest absolute Gasteiger partial charge is 0.294 e. The number of nitrogens with zero attached hydrogens (tertiary/aromatic N) is 2. The Labute approximate surface area is 97.3 Å². The zero-order valence-electron chi connectivity index (χ0n) is 9.06. The molecule has 0 saturated heterocycles. The van der Waals surface area contributed by atoms with E-state index in [1.54, 1.807) is 6.07 Å². The van der Waals surface area contributed by atoms with E-state index in [-0.39, 0.29) is 22.5 Å². The van der Waals surface area contributed by atoms with Crippen LogP contribution in [0.5, 0.6) is 0 Å². The van der Waals surface area contributed by atoms with E-state index in [2.05, 4.69) is 11.9 Å². The molecule has 1 rings (SSSR count). The molecule has 0 spiro atoms. The number of rotatable bonds is 3. The normalized spacial score (nSPS) is 9.18. The maximum atomic E-state index is 11.3. The highest BCUT2D eigenvalue weighted by Crippen LogP contribution is 2.25. The average Bonchev–Trinajstić information content (AvgIpc) is 2.29. The summed E-state index contributed by atoms with van der Waals surface area (Å²) in [5.41, 5.74) is 0.120. The van der Waals surface area contributed by atoms with Crippen molar-refractivity contribution in [1.29, 1.82) is 5.26 Å². The van der Waals surface area contributed by atoms with Crippen molar-refractivity contribution in [3.8, 4) is 6.07 Å². The second-order valence-corrected chi connectivity index (χ2v) is 3.34. The first-order chi connectivity index (χ1) is 7.95. The van der Waals surface area contributed by atoms with Gasteiger partial charge in [-0.25, -0.2) is 0 Å². The number of carbonyl (C=O) groups is 1. The average molecular weight is 231 g/mol. The van der Waals surface area contributed by atoms with Crippen molar-refractivity contribution in [1.82, 2.24) is 0 Å². The zero-order valence-corrected chi connectivity index (χ0v) is 9.06. The van der Waals surface area contributed by atoms with E-state index in [9.17, 15) is 14.9 Å². The van der Waals surface area contributed by atoms with Crippen molar-refractivity contribution in [3.63, 3.8) is 0 Å². The molecule has 0 aliphatic rings. The van der Waals surface area contributed by atoms with Gasteiger partial charge in [0, 0.05) is 11.6 Å². The third-order valence-corrected chi connectivity index (χ3v) is 1.96. The van der Waals surface area contributed by atoms with E-state index in [1.807, 2.05) is 0 Å². The number of amides is 1. The molecule has 0 saturated carbocycles. The lowest BCUT2D eigenvalue weighted by Gasteiger charge is -2.05. The fourth-order valence-corrected chi connectivity index (χ4v) is 1.09. The number of hydrogen-bond acceptors (Lipinski definition) is 4. The SMILES string of the molecule is C=C(C)C(=O)Nc1ccc(C#N)cc1[N+](=O)[O-]. The molecule has 0 fully saturated rings. The highest BCUT2D eigenvalue weighted by molar-refractivity contribution is 6.04. The predicted molar refractivity (Wildman–Crippen MR) is 61.3 cm³/mol. The van der Waals surface area contributed by atoms with Crippen molar-refractivity contribution >= 4 is 17.3 Å². The fraction of sp³-hybridized carbons (Fsp3) is 0.0909. The second-order valence-electron chi connectivity index (χ2n) is 3.34. The maximum Gasteiger partial charge on any atom is 0.294 e. The Morgan fingerprint density at radius 3 is 2.71 bits per heavy atom. The molecule has 86 valence electrons. The Morgan fingerprint density at radius 1 is 1.59 bits per heavy atom. The van der Waals surface area contributed by atoms with Gasteiger partial charge in [0.05, 0.1) is 16.6 Å². The van der Waals surface area contributed by atoms with E-state index in [4.69, 9.17) is 5.26 Å². The lowest BCUT2D eigenvalue weighted by molar-refractivity contribution is -0.383. The van der Waals surface area contributed by atoms with E-state index in [0.717, 1.165) is 6.07 Å². The lowest BCUT2D eigenvalue weighted by Crippen LogP contribution is -2.13. The molecule has 0 heterocycles. The first-order valence-corrected chi connectivity index (χ1v) is 4.61. The van der Waals surface area contributed by atoms with Gasteiger partial charge in [0.1, 0.15) is 5.69 Å². The van der Waals surface area contributed by atoms with Crippen LogP contribution in [0.4, 0.5) is 11.4 Å². The maximum absolute atomic E-state index is 11.3. The summed E-state index contributed by atoms with van der Waals surface area (Å²) in [5, 5.41) is 21.7. The summed E-state index contributed by atoms with van der Waals surface area (Å²) < 4.78 is 0. The molecule has 1 aromatic rings. The van der Waals surface area contributed by atoms with Gasteiger partial charge in [-0.1, -0.05) is 6.58 Å². The van der Waals surface area contributed by atoms with Crippen LogP contribution in [0.15, 0.2) is 30.4 Å². The van der Waals surface area contributed by atoms with Crippen LogP contribution in [-0.4, -0.2) is 10.8 Å². The molecule has 0 radical (unpaired) electrons. The summed E-state index contributed by atoms with van der Waals surface area (Å²) in [7, 11) is 0. The van der Waals surface area contributed by atoms with Crippen LogP contribution in [0.3, 0.4) is 0 Å². The zero-order chi connectivity index (χ0) is 13.0. The molecule has 1 amide bonds. The molecule has 0 bridgehead atoms. The second kappa shape index (κ2) is 4.90. The Bertz CT molecular complexity index is 543. The number of anilines is 1. The van der Waals surface area contributed by atoms with Crippen LogP contribution in [0.1, 0.15) is 12.5 Å². The molecular formula is C11H9N3O3. The van der Waals surface area contributed by atoms with Gasteiger partial charge in [0.15, 0.2) is 0 Å². The van der Waals surface area contributed by atoms with Gasteiger partial charge in [-0.3, -0.25) is 14.9 Å². The van der Waals surface area contributed by atoms with Crippen LogP contribution in [0, 0.1) is 21.4 Å². The third-order valence-electron chi connectivity index (χ3n) is 1.96. The van der Waals surface area contributed by atoms with Gasteiger partial charge in [-0.15, -0.1) is 0 Å². The van der Waals surface area contributed by atoms with Gasteiger partial charge in [0.2, 0.25) is 0 Å². The molecule has 1 aromatic carbocycles. The number of benzene rings is 1. The van der Waals surface area contributed by atoms with Gasteiger partial charge >= 0.3 is 0 Å². The van der Waals surface area contributed by atoms with Crippen molar-refractivity contribution in [2.45, 2.75) is 6.92 Å². The number of nitrogens with one attached hydrogen (secondary N) is 1. The van der Waals surface area contributed by atoms with Gasteiger partial charge < -0.3 is 5.32 Å². The summed E-state index contributed by atoms with van der Waals surface area (Å²) in [4.78, 5) is 21.4. The van der Waals surface area contributed by atoms with Crippen LogP contribution >= 0.6 is 0 Å². The predicted octanol–water partition coefficient (Wildman–Crippen LogP) is 1.98. The van der Waals surface area contributed by atoms with Gasteiger partial charge in [-0.05, 0) is 19.1 Å². The highest BCUT2D eigenvalue weighted by Gasteiger charge is 2.16. The standard InChI is InChI=1S/C11H9N3O3/c1-7(2)11(15)13-9-4-3-8(6-12)5-10(9)14(16)17/h3-5H,1H2,2H3,(H,13,15). The largest absolute Gasteiger partial charge is 0.317 e. The summed E-state index contributed by atoms with van der Waals surface area (Å²) in [6.45, 7) is 4.92. The van der Waals surface area contributed by atoms with Crippen molar-refractivity contribution in [2.75, 3.05) is 5.32 Å². The van der Waals surface area contributed by atoms with E-state index in [1.165, 1.54) is 19.1 Å². The number of nitro benzene ring substituents is 1. The van der Waals surface area contributed by atoms with Crippen LogP contribution in [0.25, 0.3) is 0 Å². The summed E-state index contributed by atoms with van der Waals surface area (Å²) in [6, 6.07) is 5.60. The van der Waals surface area contributed by atoms with Crippen molar-refractivity contribution in [2.24, 2.45) is 0 Å².